The molecule has 9 nitrogen and oxygen atoms in total. The zero-order chi connectivity index (χ0) is 26.5. The van der Waals surface area contributed by atoms with Gasteiger partial charge in [0.15, 0.2) is 11.5 Å². The van der Waals surface area contributed by atoms with Crippen molar-refractivity contribution >= 4 is 17.6 Å². The van der Waals surface area contributed by atoms with Crippen LogP contribution in [0, 0.1) is 13.8 Å². The highest BCUT2D eigenvalue weighted by Gasteiger charge is 2.27. The first kappa shape index (κ1) is 25.7. The normalized spacial score (nSPS) is 15.9. The summed E-state index contributed by atoms with van der Waals surface area (Å²) in [6, 6.07) is 16.6. The summed E-state index contributed by atoms with van der Waals surface area (Å²) in [5, 5.41) is 2.93. The minimum absolute atomic E-state index is 0.0954. The van der Waals surface area contributed by atoms with Crippen LogP contribution in [0.2, 0.25) is 0 Å². The smallest absolute Gasteiger partial charge is 0.322 e. The molecule has 9 heteroatoms. The fourth-order valence-electron chi connectivity index (χ4n) is 4.61. The Balaban J connectivity index is 1.34. The number of ether oxygens (including phenoxy) is 3. The van der Waals surface area contributed by atoms with Gasteiger partial charge in [-0.25, -0.2) is 4.79 Å². The summed E-state index contributed by atoms with van der Waals surface area (Å²) in [4.78, 5) is 30.3. The van der Waals surface area contributed by atoms with Crippen LogP contribution in [0.25, 0.3) is 0 Å². The quantitative estimate of drug-likeness (QED) is 0.434. The highest BCUT2D eigenvalue weighted by Crippen LogP contribution is 2.33. The van der Waals surface area contributed by atoms with Crippen molar-refractivity contribution in [3.05, 3.63) is 77.2 Å². The number of furan rings is 1. The molecule has 1 aromatic heterocycles. The monoisotopic (exact) mass is 519 g/mol. The van der Waals surface area contributed by atoms with Gasteiger partial charge in [0.25, 0.3) is 0 Å². The van der Waals surface area contributed by atoms with Crippen LogP contribution in [0.5, 0.6) is 11.5 Å². The van der Waals surface area contributed by atoms with Crippen molar-refractivity contribution < 1.29 is 28.2 Å². The molecule has 200 valence electrons. The molecule has 0 aliphatic carbocycles. The number of nitrogens with one attached hydrogen (secondary N) is 1. The number of anilines is 1. The molecule has 5 rings (SSSR count). The van der Waals surface area contributed by atoms with Gasteiger partial charge in [-0.3, -0.25) is 4.79 Å². The van der Waals surface area contributed by atoms with Crippen LogP contribution in [0.15, 0.2) is 59.0 Å². The summed E-state index contributed by atoms with van der Waals surface area (Å²) in [5.74, 6) is 2.58. The Morgan fingerprint density at radius 3 is 2.50 bits per heavy atom. The first-order valence-electron chi connectivity index (χ1n) is 12.9. The third-order valence-corrected chi connectivity index (χ3v) is 6.67. The van der Waals surface area contributed by atoms with E-state index in [1.165, 1.54) is 4.90 Å². The third-order valence-electron chi connectivity index (χ3n) is 6.67. The number of benzene rings is 2. The summed E-state index contributed by atoms with van der Waals surface area (Å²) in [6.45, 7) is 5.54. The summed E-state index contributed by atoms with van der Waals surface area (Å²) >= 11 is 0. The van der Waals surface area contributed by atoms with Gasteiger partial charge in [0.2, 0.25) is 12.7 Å². The van der Waals surface area contributed by atoms with Gasteiger partial charge in [0, 0.05) is 25.4 Å². The summed E-state index contributed by atoms with van der Waals surface area (Å²) in [7, 11) is 0. The van der Waals surface area contributed by atoms with Crippen LogP contribution in [0.1, 0.15) is 35.5 Å². The van der Waals surface area contributed by atoms with Crippen molar-refractivity contribution in [2.75, 3.05) is 31.8 Å². The lowest BCUT2D eigenvalue weighted by molar-refractivity contribution is -0.133. The van der Waals surface area contributed by atoms with E-state index >= 15 is 0 Å². The van der Waals surface area contributed by atoms with Gasteiger partial charge in [-0.05, 0) is 68.7 Å². The molecule has 3 amide bonds. The molecule has 0 radical (unpaired) electrons. The Morgan fingerprint density at radius 1 is 0.947 bits per heavy atom. The number of fused-ring (bicyclic) bond motifs is 1. The van der Waals surface area contributed by atoms with E-state index in [0.29, 0.717) is 42.6 Å². The Morgan fingerprint density at radius 2 is 1.76 bits per heavy atom. The van der Waals surface area contributed by atoms with E-state index in [0.717, 1.165) is 29.7 Å². The maximum atomic E-state index is 13.7. The van der Waals surface area contributed by atoms with E-state index < -0.39 is 0 Å². The molecular formula is C29H33N3O6. The number of carbonyl (C=O) groups excluding carboxylic acids is 2. The van der Waals surface area contributed by atoms with Crippen LogP contribution in [-0.2, 0) is 22.6 Å². The molecule has 2 aromatic carbocycles. The standard InChI is InChI=1S/C29H33N3O6/c1-20-5-9-23(10-6-20)30-29(34)32(16-24-4-3-13-35-24)18-28(33)31(17-25-11-7-21(2)38-25)15-22-8-12-26-27(14-22)37-19-36-26/h5-12,14,24H,3-4,13,15-19H2,1-2H3,(H,30,34). The molecule has 0 spiro atoms. The molecule has 3 aromatic rings. The molecule has 2 aliphatic heterocycles. The van der Waals surface area contributed by atoms with Crippen molar-refractivity contribution in [3.8, 4) is 11.5 Å². The molecule has 1 atom stereocenters. The molecule has 0 bridgehead atoms. The Labute approximate surface area is 222 Å². The molecule has 38 heavy (non-hydrogen) atoms. The molecule has 1 N–H and O–H groups in total. The fourth-order valence-corrected chi connectivity index (χ4v) is 4.61. The zero-order valence-electron chi connectivity index (χ0n) is 21.8. The lowest BCUT2D eigenvalue weighted by Gasteiger charge is -2.29. The average molecular weight is 520 g/mol. The fraction of sp³-hybridized carbons (Fsp3) is 0.379. The summed E-state index contributed by atoms with van der Waals surface area (Å²) < 4.78 is 22.5. The van der Waals surface area contributed by atoms with E-state index in [4.69, 9.17) is 18.6 Å². The van der Waals surface area contributed by atoms with Gasteiger partial charge >= 0.3 is 6.03 Å². The number of urea groups is 1. The van der Waals surface area contributed by atoms with Gasteiger partial charge in [0.1, 0.15) is 18.1 Å². The lowest BCUT2D eigenvalue weighted by Crippen LogP contribution is -2.46. The van der Waals surface area contributed by atoms with Gasteiger partial charge in [-0.2, -0.15) is 0 Å². The van der Waals surface area contributed by atoms with E-state index in [9.17, 15) is 9.59 Å². The van der Waals surface area contributed by atoms with Gasteiger partial charge in [-0.1, -0.05) is 23.8 Å². The Hall–Kier alpha value is -3.98. The second-order valence-corrected chi connectivity index (χ2v) is 9.76. The van der Waals surface area contributed by atoms with Crippen LogP contribution < -0.4 is 14.8 Å². The van der Waals surface area contributed by atoms with E-state index in [-0.39, 0.29) is 37.9 Å². The van der Waals surface area contributed by atoms with Gasteiger partial charge in [-0.15, -0.1) is 0 Å². The van der Waals surface area contributed by atoms with Gasteiger partial charge < -0.3 is 33.7 Å². The number of hydrogen-bond donors (Lipinski definition) is 1. The van der Waals surface area contributed by atoms with Crippen molar-refractivity contribution in [2.24, 2.45) is 0 Å². The van der Waals surface area contributed by atoms with E-state index in [2.05, 4.69) is 5.32 Å². The molecular weight excluding hydrogens is 486 g/mol. The minimum Gasteiger partial charge on any atom is -0.464 e. The predicted octanol–water partition coefficient (Wildman–Crippen LogP) is 4.87. The molecule has 2 aliphatic rings. The first-order chi connectivity index (χ1) is 18.4. The number of amides is 3. The Bertz CT molecular complexity index is 1270. The molecule has 1 unspecified atom stereocenters. The van der Waals surface area contributed by atoms with Crippen LogP contribution in [0.4, 0.5) is 10.5 Å². The SMILES string of the molecule is Cc1ccc(NC(=O)N(CC(=O)N(Cc2ccc3c(c2)OCO3)Cc2ccc(C)o2)CC2CCCO2)cc1. The van der Waals surface area contributed by atoms with E-state index in [1.54, 1.807) is 4.90 Å². The number of rotatable bonds is 9. The minimum atomic E-state index is -0.338. The largest absolute Gasteiger partial charge is 0.464 e. The van der Waals surface area contributed by atoms with Crippen molar-refractivity contribution in [2.45, 2.75) is 45.9 Å². The van der Waals surface area contributed by atoms with Crippen molar-refractivity contribution in [1.82, 2.24) is 9.80 Å². The molecule has 1 fully saturated rings. The predicted molar refractivity (Wildman–Crippen MR) is 141 cm³/mol. The number of carbonyl (C=O) groups is 2. The second-order valence-electron chi connectivity index (χ2n) is 9.76. The second kappa shape index (κ2) is 11.6. The van der Waals surface area contributed by atoms with E-state index in [1.807, 2.05) is 68.4 Å². The topological polar surface area (TPSA) is 93.5 Å². The number of aryl methyl sites for hydroxylation is 2. The highest BCUT2D eigenvalue weighted by molar-refractivity contribution is 5.92. The average Bonchev–Trinajstić information content (AvgIpc) is 3.67. The molecule has 0 saturated carbocycles. The number of nitrogens with zero attached hydrogens (tertiary/aromatic N) is 2. The van der Waals surface area contributed by atoms with Crippen molar-refractivity contribution in [3.63, 3.8) is 0 Å². The Kier molecular flexibility index (Phi) is 7.83. The molecule has 1 saturated heterocycles. The van der Waals surface area contributed by atoms with Gasteiger partial charge in [0.05, 0.1) is 12.6 Å². The molecule has 3 heterocycles. The third kappa shape index (κ3) is 6.47. The number of hydrogen-bond acceptors (Lipinski definition) is 6. The van der Waals surface area contributed by atoms with Crippen LogP contribution in [0.3, 0.4) is 0 Å². The van der Waals surface area contributed by atoms with Crippen LogP contribution in [-0.4, -0.2) is 54.3 Å². The summed E-state index contributed by atoms with van der Waals surface area (Å²) in [5.41, 5.74) is 2.66. The summed E-state index contributed by atoms with van der Waals surface area (Å²) in [6.07, 6.45) is 1.71. The van der Waals surface area contributed by atoms with Crippen molar-refractivity contribution in [1.29, 1.82) is 0 Å². The first-order valence-corrected chi connectivity index (χ1v) is 12.9. The lowest BCUT2D eigenvalue weighted by atomic mass is 10.1. The maximum Gasteiger partial charge on any atom is 0.322 e. The highest BCUT2D eigenvalue weighted by atomic mass is 16.7. The zero-order valence-corrected chi connectivity index (χ0v) is 21.8. The van der Waals surface area contributed by atoms with Crippen LogP contribution >= 0.6 is 0 Å². The maximum absolute atomic E-state index is 13.7.